The van der Waals surface area contributed by atoms with Crippen molar-refractivity contribution >= 4 is 34.6 Å². The SMILES string of the molecule is CCC(C)(CCCCc1cc(=O)cc(CCc2cc(=O)cc(CCCCC(C)(C)C(=O)O)s2)s1)C(=O)O. The minimum Gasteiger partial charge on any atom is -0.481 e. The highest BCUT2D eigenvalue weighted by Crippen LogP contribution is 2.29. The summed E-state index contributed by atoms with van der Waals surface area (Å²) in [6.45, 7) is 7.16. The molecule has 0 aliphatic rings. The molecule has 204 valence electrons. The summed E-state index contributed by atoms with van der Waals surface area (Å²) >= 11 is 3.23. The third-order valence-corrected chi connectivity index (χ3v) is 9.44. The highest BCUT2D eigenvalue weighted by Gasteiger charge is 2.30. The van der Waals surface area contributed by atoms with E-state index in [0.29, 0.717) is 32.1 Å². The zero-order chi connectivity index (χ0) is 27.6. The molecule has 0 radical (unpaired) electrons. The normalized spacial score (nSPS) is 13.3. The fourth-order valence-corrected chi connectivity index (χ4v) is 6.41. The Morgan fingerprint density at radius 2 is 1.08 bits per heavy atom. The Labute approximate surface area is 227 Å². The van der Waals surface area contributed by atoms with Gasteiger partial charge >= 0.3 is 11.9 Å². The molecule has 2 aromatic rings. The van der Waals surface area contributed by atoms with Gasteiger partial charge in [-0.1, -0.05) is 19.8 Å². The fourth-order valence-electron chi connectivity index (χ4n) is 4.13. The van der Waals surface area contributed by atoms with Gasteiger partial charge in [0.2, 0.25) is 0 Å². The van der Waals surface area contributed by atoms with Crippen molar-refractivity contribution in [3.63, 3.8) is 0 Å². The Bertz CT molecular complexity index is 1180. The molecule has 1 atom stereocenters. The molecule has 0 bridgehead atoms. The number of hydrogen-bond acceptors (Lipinski definition) is 6. The van der Waals surface area contributed by atoms with Gasteiger partial charge in [-0.05, 0) is 103 Å². The third kappa shape index (κ3) is 10.2. The molecular weight excluding hydrogens is 508 g/mol. The summed E-state index contributed by atoms with van der Waals surface area (Å²) in [4.78, 5) is 51.3. The standard InChI is InChI=1S/C29H40O6S2/c1-5-29(4,27(34)35)15-9-7-11-23-17-21(31)19-25(37-23)13-12-24-18-20(30)16-22(36-24)10-6-8-14-28(2,3)26(32)33/h16-19H,5-15H2,1-4H3,(H,32,33)(H,34,35). The van der Waals surface area contributed by atoms with E-state index in [2.05, 4.69) is 0 Å². The minimum atomic E-state index is -0.789. The Morgan fingerprint density at radius 3 is 1.46 bits per heavy atom. The molecule has 0 saturated carbocycles. The van der Waals surface area contributed by atoms with E-state index in [0.717, 1.165) is 58.0 Å². The molecule has 0 spiro atoms. The molecule has 2 N–H and O–H groups in total. The molecule has 0 aliphatic carbocycles. The average Bonchev–Trinajstić information content (AvgIpc) is 2.82. The van der Waals surface area contributed by atoms with E-state index in [4.69, 9.17) is 0 Å². The molecule has 0 aliphatic heterocycles. The Hall–Kier alpha value is -2.32. The maximum Gasteiger partial charge on any atom is 0.309 e. The highest BCUT2D eigenvalue weighted by atomic mass is 32.1. The van der Waals surface area contributed by atoms with Crippen molar-refractivity contribution in [2.24, 2.45) is 10.8 Å². The first kappa shape index (κ1) is 30.9. The van der Waals surface area contributed by atoms with Crippen LogP contribution in [-0.4, -0.2) is 22.2 Å². The van der Waals surface area contributed by atoms with E-state index < -0.39 is 22.8 Å². The number of carboxylic acids is 2. The van der Waals surface area contributed by atoms with Gasteiger partial charge in [0, 0.05) is 19.5 Å². The van der Waals surface area contributed by atoms with Crippen LogP contribution in [0.3, 0.4) is 0 Å². The number of aliphatic carboxylic acids is 2. The maximum atomic E-state index is 12.3. The van der Waals surface area contributed by atoms with Gasteiger partial charge in [-0.3, -0.25) is 19.2 Å². The second-order valence-corrected chi connectivity index (χ2v) is 13.3. The second-order valence-electron chi connectivity index (χ2n) is 10.8. The lowest BCUT2D eigenvalue weighted by Gasteiger charge is -2.22. The summed E-state index contributed by atoms with van der Waals surface area (Å²) < 4.78 is 0. The summed E-state index contributed by atoms with van der Waals surface area (Å²) in [5, 5.41) is 18.7. The zero-order valence-corrected chi connectivity index (χ0v) is 24.1. The van der Waals surface area contributed by atoms with Crippen LogP contribution in [0.25, 0.3) is 0 Å². The molecule has 1 unspecified atom stereocenters. The van der Waals surface area contributed by atoms with Crippen molar-refractivity contribution < 1.29 is 19.8 Å². The van der Waals surface area contributed by atoms with Crippen molar-refractivity contribution in [3.05, 3.63) is 64.2 Å². The van der Waals surface area contributed by atoms with Crippen molar-refractivity contribution in [2.45, 2.75) is 98.3 Å². The van der Waals surface area contributed by atoms with Crippen LogP contribution in [0, 0.1) is 10.8 Å². The first-order chi connectivity index (χ1) is 17.3. The monoisotopic (exact) mass is 548 g/mol. The molecule has 2 heterocycles. The smallest absolute Gasteiger partial charge is 0.309 e. The van der Waals surface area contributed by atoms with Crippen LogP contribution in [0.2, 0.25) is 0 Å². The third-order valence-electron chi connectivity index (χ3n) is 7.11. The Morgan fingerprint density at radius 1 is 0.676 bits per heavy atom. The highest BCUT2D eigenvalue weighted by molar-refractivity contribution is 7.12. The molecule has 0 saturated heterocycles. The second kappa shape index (κ2) is 14.0. The zero-order valence-electron chi connectivity index (χ0n) is 22.4. The van der Waals surface area contributed by atoms with Crippen LogP contribution in [-0.2, 0) is 35.3 Å². The molecule has 0 aromatic carbocycles. The van der Waals surface area contributed by atoms with Gasteiger partial charge in [0.05, 0.1) is 10.8 Å². The first-order valence-electron chi connectivity index (χ1n) is 13.1. The van der Waals surface area contributed by atoms with E-state index in [1.54, 1.807) is 67.7 Å². The maximum absolute atomic E-state index is 12.3. The molecule has 0 amide bonds. The van der Waals surface area contributed by atoms with Crippen LogP contribution in [0.4, 0.5) is 0 Å². The summed E-state index contributed by atoms with van der Waals surface area (Å²) in [6.07, 6.45) is 7.99. The predicted molar refractivity (Wildman–Crippen MR) is 151 cm³/mol. The molecule has 2 rings (SSSR count). The van der Waals surface area contributed by atoms with Crippen LogP contribution >= 0.6 is 22.7 Å². The van der Waals surface area contributed by atoms with Crippen molar-refractivity contribution in [1.82, 2.24) is 0 Å². The number of carbonyl (C=O) groups is 2. The van der Waals surface area contributed by atoms with Gasteiger partial charge in [0.25, 0.3) is 0 Å². The molecule has 6 nitrogen and oxygen atoms in total. The van der Waals surface area contributed by atoms with Crippen LogP contribution in [0.5, 0.6) is 0 Å². The molecule has 0 fully saturated rings. The van der Waals surface area contributed by atoms with Crippen molar-refractivity contribution in [2.75, 3.05) is 0 Å². The summed E-state index contributed by atoms with van der Waals surface area (Å²) in [5.74, 6) is -1.54. The average molecular weight is 549 g/mol. The molecule has 8 heteroatoms. The lowest BCUT2D eigenvalue weighted by atomic mass is 9.82. The van der Waals surface area contributed by atoms with E-state index >= 15 is 0 Å². The number of rotatable bonds is 16. The molecule has 37 heavy (non-hydrogen) atoms. The van der Waals surface area contributed by atoms with E-state index in [-0.39, 0.29) is 10.9 Å². The Kier molecular flexibility index (Phi) is 11.7. The minimum absolute atomic E-state index is 0.0149. The van der Waals surface area contributed by atoms with E-state index in [1.807, 2.05) is 6.92 Å². The van der Waals surface area contributed by atoms with Crippen molar-refractivity contribution in [1.29, 1.82) is 0 Å². The number of aryl methyl sites for hydroxylation is 4. The van der Waals surface area contributed by atoms with Gasteiger partial charge in [0.1, 0.15) is 0 Å². The van der Waals surface area contributed by atoms with Gasteiger partial charge in [-0.25, -0.2) is 0 Å². The van der Waals surface area contributed by atoms with Gasteiger partial charge in [0.15, 0.2) is 10.9 Å². The van der Waals surface area contributed by atoms with Gasteiger partial charge in [-0.15, -0.1) is 22.7 Å². The van der Waals surface area contributed by atoms with Crippen LogP contribution in [0.15, 0.2) is 33.9 Å². The van der Waals surface area contributed by atoms with Crippen molar-refractivity contribution in [3.8, 4) is 0 Å². The number of hydrogen-bond donors (Lipinski definition) is 2. The summed E-state index contributed by atoms with van der Waals surface area (Å²) in [7, 11) is 0. The summed E-state index contributed by atoms with van der Waals surface area (Å²) in [5.41, 5.74) is -1.46. The van der Waals surface area contributed by atoms with E-state index in [1.165, 1.54) is 0 Å². The quantitative estimate of drug-likeness (QED) is 0.237. The van der Waals surface area contributed by atoms with Gasteiger partial charge in [-0.2, -0.15) is 0 Å². The molecule has 2 aromatic heterocycles. The fraction of sp³-hybridized carbons (Fsp3) is 0.586. The Balaban J connectivity index is 1.92. The van der Waals surface area contributed by atoms with E-state index in [9.17, 15) is 29.4 Å². The number of carboxylic acid groups (broad SMARTS) is 2. The first-order valence-corrected chi connectivity index (χ1v) is 14.7. The lowest BCUT2D eigenvalue weighted by Crippen LogP contribution is -2.26. The molecular formula is C29H40O6S2. The van der Waals surface area contributed by atoms with Crippen LogP contribution in [0.1, 0.15) is 92.1 Å². The lowest BCUT2D eigenvalue weighted by molar-refractivity contribution is -0.149. The predicted octanol–water partition coefficient (Wildman–Crippen LogP) is 6.35. The van der Waals surface area contributed by atoms with Gasteiger partial charge < -0.3 is 10.2 Å². The number of unbranched alkanes of at least 4 members (excludes halogenated alkanes) is 2. The summed E-state index contributed by atoms with van der Waals surface area (Å²) in [6, 6.07) is 6.68. The topological polar surface area (TPSA) is 109 Å². The largest absolute Gasteiger partial charge is 0.481 e. The van der Waals surface area contributed by atoms with Crippen LogP contribution < -0.4 is 10.9 Å².